The lowest BCUT2D eigenvalue weighted by Crippen LogP contribution is -2.38. The summed E-state index contributed by atoms with van der Waals surface area (Å²) in [5.41, 5.74) is 1.94. The number of nitro groups is 1. The normalized spacial score (nSPS) is 17.7. The fourth-order valence-electron chi connectivity index (χ4n) is 3.43. The van der Waals surface area contributed by atoms with Gasteiger partial charge in [-0.15, -0.1) is 0 Å². The van der Waals surface area contributed by atoms with Crippen LogP contribution in [0.5, 0.6) is 0 Å². The van der Waals surface area contributed by atoms with Crippen LogP contribution in [0.3, 0.4) is 0 Å². The van der Waals surface area contributed by atoms with Gasteiger partial charge in [0.2, 0.25) is 5.91 Å². The summed E-state index contributed by atoms with van der Waals surface area (Å²) in [6, 6.07) is 5.47. The van der Waals surface area contributed by atoms with E-state index in [0.717, 1.165) is 0 Å². The minimum absolute atomic E-state index is 0.0719. The van der Waals surface area contributed by atoms with Crippen molar-refractivity contribution in [1.29, 1.82) is 0 Å². The lowest BCUT2D eigenvalue weighted by atomic mass is 9.93. The number of esters is 1. The van der Waals surface area contributed by atoms with Crippen LogP contribution in [-0.4, -0.2) is 52.0 Å². The van der Waals surface area contributed by atoms with Crippen molar-refractivity contribution in [3.8, 4) is 0 Å². The van der Waals surface area contributed by atoms with Gasteiger partial charge in [-0.1, -0.05) is 23.9 Å². The van der Waals surface area contributed by atoms with Gasteiger partial charge in [-0.05, 0) is 31.7 Å². The molecule has 2 heterocycles. The number of fused-ring (bicyclic) bond motifs is 1. The molecular weight excluding hydrogens is 420 g/mol. The van der Waals surface area contributed by atoms with Crippen molar-refractivity contribution in [2.45, 2.75) is 33.2 Å². The number of aliphatic imine (C=N–C) groups is 1. The molecule has 164 valence electrons. The van der Waals surface area contributed by atoms with Gasteiger partial charge in [-0.2, -0.15) is 0 Å². The first-order chi connectivity index (χ1) is 14.8. The Kier molecular flexibility index (Phi) is 6.79. The lowest BCUT2D eigenvalue weighted by molar-refractivity contribution is -0.384. The monoisotopic (exact) mass is 444 g/mol. The van der Waals surface area contributed by atoms with Crippen molar-refractivity contribution in [2.75, 3.05) is 20.2 Å². The second-order valence-electron chi connectivity index (χ2n) is 7.05. The van der Waals surface area contributed by atoms with Crippen LogP contribution in [0.15, 0.2) is 51.6 Å². The molecule has 0 saturated carbocycles. The molecule has 31 heavy (non-hydrogen) atoms. The molecule has 2 aliphatic rings. The number of hydrogen-bond acceptors (Lipinski definition) is 8. The Bertz CT molecular complexity index is 1020. The summed E-state index contributed by atoms with van der Waals surface area (Å²) in [4.78, 5) is 44.3. The Morgan fingerprint density at radius 2 is 2.10 bits per heavy atom. The van der Waals surface area contributed by atoms with Crippen molar-refractivity contribution in [3.05, 3.63) is 62.3 Å². The number of nitrogens with zero attached hydrogens (tertiary/aromatic N) is 4. The highest BCUT2D eigenvalue weighted by atomic mass is 32.2. The Hall–Kier alpha value is -3.14. The summed E-state index contributed by atoms with van der Waals surface area (Å²) in [5.74, 6) is -0.607. The van der Waals surface area contributed by atoms with E-state index >= 15 is 0 Å². The van der Waals surface area contributed by atoms with Gasteiger partial charge >= 0.3 is 5.97 Å². The molecule has 0 saturated heterocycles. The van der Waals surface area contributed by atoms with Crippen molar-refractivity contribution in [3.63, 3.8) is 0 Å². The summed E-state index contributed by atoms with van der Waals surface area (Å²) in [5, 5.41) is 13.8. The average molecular weight is 445 g/mol. The molecule has 10 heteroatoms. The molecule has 0 fully saturated rings. The van der Waals surface area contributed by atoms with Gasteiger partial charge in [-0.25, -0.2) is 9.79 Å². The number of non-ortho nitro benzene ring substituents is 1. The molecule has 0 bridgehead atoms. The largest absolute Gasteiger partial charge is 0.463 e. The van der Waals surface area contributed by atoms with E-state index in [0.29, 0.717) is 34.2 Å². The molecular formula is C21H24N4O5S. The molecule has 0 spiro atoms. The highest BCUT2D eigenvalue weighted by Gasteiger charge is 2.41. The zero-order chi connectivity index (χ0) is 22.7. The summed E-state index contributed by atoms with van der Waals surface area (Å²) in [6.07, 6.45) is 0.122. The van der Waals surface area contributed by atoms with E-state index in [-0.39, 0.29) is 24.6 Å². The first kappa shape index (κ1) is 22.5. The summed E-state index contributed by atoms with van der Waals surface area (Å²) in [6.45, 7) is 6.08. The molecule has 1 unspecified atom stereocenters. The number of thioether (sulfide) groups is 1. The van der Waals surface area contributed by atoms with E-state index < -0.39 is 16.9 Å². The number of amidine groups is 1. The number of allylic oxidation sites excluding steroid dienone is 1. The van der Waals surface area contributed by atoms with Gasteiger partial charge in [0.25, 0.3) is 5.69 Å². The summed E-state index contributed by atoms with van der Waals surface area (Å²) < 4.78 is 5.27. The zero-order valence-corrected chi connectivity index (χ0v) is 18.6. The molecule has 3 rings (SSSR count). The van der Waals surface area contributed by atoms with Crippen LogP contribution in [0, 0.1) is 10.1 Å². The highest BCUT2D eigenvalue weighted by Crippen LogP contribution is 2.45. The maximum Gasteiger partial charge on any atom is 0.338 e. The SMILES string of the molecule is CCOC(=O)C1=C(C)N=C2SC=C(CC(=O)N(C)CC)N2C1c1cccc([N+](=O)[O-])c1. The van der Waals surface area contributed by atoms with E-state index in [1.54, 1.807) is 37.9 Å². The van der Waals surface area contributed by atoms with Crippen molar-refractivity contribution in [1.82, 2.24) is 9.80 Å². The molecule has 9 nitrogen and oxygen atoms in total. The number of rotatable bonds is 7. The van der Waals surface area contributed by atoms with Crippen LogP contribution in [0.1, 0.15) is 38.8 Å². The molecule has 0 radical (unpaired) electrons. The Morgan fingerprint density at radius 3 is 2.74 bits per heavy atom. The van der Waals surface area contributed by atoms with Crippen molar-refractivity contribution in [2.24, 2.45) is 4.99 Å². The second-order valence-corrected chi connectivity index (χ2v) is 7.89. The van der Waals surface area contributed by atoms with Gasteiger partial charge in [-0.3, -0.25) is 14.9 Å². The number of nitro benzene ring substituents is 1. The van der Waals surface area contributed by atoms with Gasteiger partial charge in [0.05, 0.1) is 35.3 Å². The first-order valence-electron chi connectivity index (χ1n) is 9.88. The Balaban J connectivity index is 2.10. The molecule has 1 aromatic rings. The minimum Gasteiger partial charge on any atom is -0.463 e. The number of ether oxygens (including phenoxy) is 1. The van der Waals surface area contributed by atoms with Crippen molar-refractivity contribution < 1.29 is 19.2 Å². The smallest absolute Gasteiger partial charge is 0.338 e. The predicted molar refractivity (Wildman–Crippen MR) is 118 cm³/mol. The maximum atomic E-state index is 12.9. The first-order valence-corrected chi connectivity index (χ1v) is 10.8. The quantitative estimate of drug-likeness (QED) is 0.359. The van der Waals surface area contributed by atoms with Gasteiger partial charge < -0.3 is 14.5 Å². The molecule has 2 aliphatic heterocycles. The summed E-state index contributed by atoms with van der Waals surface area (Å²) >= 11 is 1.36. The number of benzene rings is 1. The van der Waals surface area contributed by atoms with Crippen LogP contribution >= 0.6 is 11.8 Å². The van der Waals surface area contributed by atoms with E-state index in [1.165, 1.54) is 23.9 Å². The van der Waals surface area contributed by atoms with Crippen LogP contribution in [0.2, 0.25) is 0 Å². The molecule has 1 atom stereocenters. The topological polar surface area (TPSA) is 105 Å². The van der Waals surface area contributed by atoms with Gasteiger partial charge in [0.1, 0.15) is 0 Å². The Labute approximate surface area is 184 Å². The average Bonchev–Trinajstić information content (AvgIpc) is 3.14. The van der Waals surface area contributed by atoms with Gasteiger partial charge in [0, 0.05) is 31.4 Å². The van der Waals surface area contributed by atoms with Crippen LogP contribution in [0.4, 0.5) is 5.69 Å². The van der Waals surface area contributed by atoms with Crippen LogP contribution in [-0.2, 0) is 14.3 Å². The minimum atomic E-state index is -0.688. The fourth-order valence-corrected chi connectivity index (χ4v) is 4.39. The maximum absolute atomic E-state index is 12.9. The zero-order valence-electron chi connectivity index (χ0n) is 17.8. The fraction of sp³-hybridized carbons (Fsp3) is 0.381. The van der Waals surface area contributed by atoms with E-state index in [1.807, 2.05) is 17.2 Å². The van der Waals surface area contributed by atoms with E-state index in [9.17, 15) is 19.7 Å². The molecule has 1 amide bonds. The molecule has 0 aliphatic carbocycles. The lowest BCUT2D eigenvalue weighted by Gasteiger charge is -2.36. The standard InChI is InChI=1S/C21H24N4O5S/c1-5-23(4)17(26)11-16-12-31-21-22-13(3)18(20(27)30-6-2)19(24(16)21)14-8-7-9-15(10-14)25(28)29/h7-10,12,19H,5-6,11H2,1-4H3. The predicted octanol–water partition coefficient (Wildman–Crippen LogP) is 3.60. The van der Waals surface area contributed by atoms with Crippen molar-refractivity contribution >= 4 is 34.5 Å². The molecule has 1 aromatic carbocycles. The Morgan fingerprint density at radius 1 is 1.35 bits per heavy atom. The second kappa shape index (κ2) is 9.34. The van der Waals surface area contributed by atoms with Crippen LogP contribution in [0.25, 0.3) is 0 Å². The number of hydrogen-bond donors (Lipinski definition) is 0. The number of carbonyl (C=O) groups is 2. The molecule has 0 N–H and O–H groups in total. The number of amides is 1. The third kappa shape index (κ3) is 4.48. The third-order valence-corrected chi connectivity index (χ3v) is 6.01. The molecule has 0 aromatic heterocycles. The van der Waals surface area contributed by atoms with Crippen LogP contribution < -0.4 is 0 Å². The van der Waals surface area contributed by atoms with E-state index in [2.05, 4.69) is 4.99 Å². The summed E-state index contributed by atoms with van der Waals surface area (Å²) in [7, 11) is 1.72. The highest BCUT2D eigenvalue weighted by molar-refractivity contribution is 8.16. The van der Waals surface area contributed by atoms with Gasteiger partial charge in [0.15, 0.2) is 5.17 Å². The number of carbonyl (C=O) groups excluding carboxylic acids is 2. The third-order valence-electron chi connectivity index (χ3n) is 5.13. The van der Waals surface area contributed by atoms with E-state index in [4.69, 9.17) is 4.74 Å².